The lowest BCUT2D eigenvalue weighted by atomic mass is 9.84. The van der Waals surface area contributed by atoms with Crippen LogP contribution in [-0.2, 0) is 45.1 Å². The van der Waals surface area contributed by atoms with Gasteiger partial charge in [-0.2, -0.15) is 0 Å². The minimum absolute atomic E-state index is 0.0727. The largest absolute Gasteiger partial charge is 0.508 e. The molecule has 1 saturated heterocycles. The van der Waals surface area contributed by atoms with Crippen LogP contribution in [-0.4, -0.2) is 65.9 Å². The molecule has 1 aliphatic rings. The Morgan fingerprint density at radius 1 is 1.13 bits per heavy atom. The molecule has 2 aromatic carbocycles. The molecular formula is C37H49N5O5. The number of phenols is 1. The van der Waals surface area contributed by atoms with E-state index in [1.54, 1.807) is 30.4 Å². The molecule has 1 fully saturated rings. The zero-order chi connectivity index (χ0) is 34.0. The van der Waals surface area contributed by atoms with E-state index in [0.717, 1.165) is 82.5 Å². The monoisotopic (exact) mass is 643 g/mol. The van der Waals surface area contributed by atoms with Crippen molar-refractivity contribution in [2.45, 2.75) is 66.0 Å². The number of rotatable bonds is 13. The van der Waals surface area contributed by atoms with Crippen LogP contribution in [0.4, 0.5) is 0 Å². The summed E-state index contributed by atoms with van der Waals surface area (Å²) in [6.07, 6.45) is 7.34. The molecule has 0 unspecified atom stereocenters. The fourth-order valence-corrected chi connectivity index (χ4v) is 6.40. The fraction of sp³-hybridized carbons (Fsp3) is 0.432. The number of methoxy groups -OCH3 is 1. The zero-order valence-electron chi connectivity index (χ0n) is 28.3. The lowest BCUT2D eigenvalue weighted by Crippen LogP contribution is -2.47. The molecule has 0 saturated carbocycles. The van der Waals surface area contributed by atoms with Crippen LogP contribution in [0.1, 0.15) is 56.7 Å². The summed E-state index contributed by atoms with van der Waals surface area (Å²) in [5.74, 6) is 0.244. The highest BCUT2D eigenvalue weighted by molar-refractivity contribution is 5.95. The van der Waals surface area contributed by atoms with Crippen molar-refractivity contribution < 1.29 is 24.2 Å². The first-order valence-electron chi connectivity index (χ1n) is 16.3. The normalized spacial score (nSPS) is 13.3. The van der Waals surface area contributed by atoms with Crippen LogP contribution in [0.2, 0.25) is 0 Å². The molecule has 3 heterocycles. The summed E-state index contributed by atoms with van der Waals surface area (Å²) in [4.78, 5) is 28.4. The highest BCUT2D eigenvalue weighted by atomic mass is 16.5. The molecule has 0 radical (unpaired) electrons. The van der Waals surface area contributed by atoms with Crippen LogP contribution in [0.3, 0.4) is 0 Å². The van der Waals surface area contributed by atoms with Gasteiger partial charge in [-0.1, -0.05) is 26.0 Å². The Morgan fingerprint density at radius 3 is 2.64 bits per heavy atom. The molecule has 1 amide bonds. The minimum atomic E-state index is -0.337. The third kappa shape index (κ3) is 8.57. The molecule has 47 heavy (non-hydrogen) atoms. The molecular weight excluding hydrogens is 594 g/mol. The van der Waals surface area contributed by atoms with Gasteiger partial charge in [-0.25, -0.2) is 5.43 Å². The highest BCUT2D eigenvalue weighted by Gasteiger charge is 2.28. The highest BCUT2D eigenvalue weighted by Crippen LogP contribution is 2.41. The molecule has 0 aliphatic carbocycles. The van der Waals surface area contributed by atoms with Gasteiger partial charge in [0.25, 0.3) is 6.47 Å². The number of benzene rings is 2. The topological polar surface area (TPSA) is 132 Å². The third-order valence-electron chi connectivity index (χ3n) is 8.50. The number of ether oxygens (including phenoxy) is 2. The van der Waals surface area contributed by atoms with Crippen LogP contribution in [0.15, 0.2) is 54.9 Å². The summed E-state index contributed by atoms with van der Waals surface area (Å²) in [7, 11) is 3.19. The van der Waals surface area contributed by atoms with Gasteiger partial charge in [0, 0.05) is 67.4 Å². The minimum Gasteiger partial charge on any atom is -0.508 e. The van der Waals surface area contributed by atoms with Gasteiger partial charge in [0.1, 0.15) is 5.75 Å². The number of carbonyl (C=O) groups excluding carboxylic acids is 2. The number of hydrogen-bond acceptors (Lipinski definition) is 8. The van der Waals surface area contributed by atoms with Gasteiger partial charge >= 0.3 is 0 Å². The van der Waals surface area contributed by atoms with E-state index in [1.165, 1.54) is 7.05 Å². The first-order valence-corrected chi connectivity index (χ1v) is 16.3. The van der Waals surface area contributed by atoms with Gasteiger partial charge in [-0.05, 0) is 97.8 Å². The summed E-state index contributed by atoms with van der Waals surface area (Å²) in [6.45, 7) is 9.87. The molecule has 252 valence electrons. The molecule has 5 rings (SSSR count). The van der Waals surface area contributed by atoms with E-state index in [4.69, 9.17) is 9.47 Å². The van der Waals surface area contributed by atoms with Gasteiger partial charge in [0.05, 0.1) is 18.9 Å². The van der Waals surface area contributed by atoms with Crippen LogP contribution in [0, 0.1) is 5.41 Å². The van der Waals surface area contributed by atoms with E-state index in [9.17, 15) is 14.7 Å². The number of aromatic nitrogens is 2. The number of phenolic OH excluding ortho intramolecular Hbond substituents is 1. The standard InChI is InChI=1S/C36H44N4O5.CH5N/c1-5-39-33-10-9-26(28-16-25(17-29(42)18-28)8-11-34(43)40-15-7-6-13-38-40)19-30(33)31(20-36(2,3)23-45-24-41)35(39)32-21-37-14-12-27(32)22-44-4;1-2/h9-10,12,14,16-19,21,24,38,42H,5-8,11,13,15,20,22-23H2,1-4H3;2H2,1H3. The number of carbonyl (C=O) groups is 2. The molecule has 10 nitrogen and oxygen atoms in total. The lowest BCUT2D eigenvalue weighted by molar-refractivity contribution is -0.135. The molecule has 10 heteroatoms. The maximum atomic E-state index is 12.8. The van der Waals surface area contributed by atoms with Gasteiger partial charge in [-0.15, -0.1) is 0 Å². The Morgan fingerprint density at radius 2 is 1.94 bits per heavy atom. The molecule has 2 aromatic heterocycles. The Hall–Kier alpha value is -4.25. The molecule has 4 aromatic rings. The average molecular weight is 644 g/mol. The lowest BCUT2D eigenvalue weighted by Gasteiger charge is -2.27. The number of aryl methyl sites for hydroxylation is 2. The SMILES string of the molecule is CCn1c(-c2cnccc2COC)c(CC(C)(C)COC=O)c2cc(-c3cc(O)cc(CCC(=O)N4CCCCN4)c3)ccc21.CN. The van der Waals surface area contributed by atoms with Gasteiger partial charge in [0.2, 0.25) is 5.91 Å². The summed E-state index contributed by atoms with van der Waals surface area (Å²) in [5.41, 5.74) is 15.5. The number of nitrogens with one attached hydrogen (secondary N) is 1. The summed E-state index contributed by atoms with van der Waals surface area (Å²) >= 11 is 0. The number of amides is 1. The van der Waals surface area contributed by atoms with E-state index in [0.29, 0.717) is 32.3 Å². The molecule has 1 aliphatic heterocycles. The van der Waals surface area contributed by atoms with Crippen LogP contribution < -0.4 is 11.2 Å². The van der Waals surface area contributed by atoms with Crippen LogP contribution in [0.25, 0.3) is 33.3 Å². The second kappa shape index (κ2) is 16.5. The summed E-state index contributed by atoms with van der Waals surface area (Å²) in [5, 5.41) is 13.5. The van der Waals surface area contributed by atoms with Crippen molar-refractivity contribution in [1.82, 2.24) is 20.0 Å². The average Bonchev–Trinajstić information content (AvgIpc) is 3.39. The van der Waals surface area contributed by atoms with Crippen LogP contribution in [0.5, 0.6) is 5.75 Å². The number of pyridine rings is 1. The number of hydrazine groups is 1. The zero-order valence-corrected chi connectivity index (χ0v) is 28.3. The van der Waals surface area contributed by atoms with Crippen molar-refractivity contribution >= 4 is 23.3 Å². The molecule has 0 spiro atoms. The predicted octanol–water partition coefficient (Wildman–Crippen LogP) is 5.62. The first-order chi connectivity index (χ1) is 22.7. The van der Waals surface area contributed by atoms with Gasteiger partial charge in [0.15, 0.2) is 0 Å². The third-order valence-corrected chi connectivity index (χ3v) is 8.50. The van der Waals surface area contributed by atoms with Crippen molar-refractivity contribution in [3.8, 4) is 28.1 Å². The second-order valence-corrected chi connectivity index (χ2v) is 12.6. The van der Waals surface area contributed by atoms with E-state index in [1.807, 2.05) is 12.3 Å². The first kappa shape index (κ1) is 35.6. The molecule has 4 N–H and O–H groups in total. The van der Waals surface area contributed by atoms with Gasteiger partial charge in [-0.3, -0.25) is 19.6 Å². The number of nitrogens with two attached hydrogens (primary N) is 1. The Balaban J connectivity index is 0.00000245. The smallest absolute Gasteiger partial charge is 0.293 e. The van der Waals surface area contributed by atoms with Crippen molar-refractivity contribution in [3.05, 3.63) is 71.5 Å². The van der Waals surface area contributed by atoms with E-state index < -0.39 is 0 Å². The van der Waals surface area contributed by atoms with Crippen molar-refractivity contribution in [1.29, 1.82) is 0 Å². The maximum Gasteiger partial charge on any atom is 0.293 e. The van der Waals surface area contributed by atoms with E-state index in [-0.39, 0.29) is 23.7 Å². The Labute approximate surface area is 277 Å². The molecule has 0 bridgehead atoms. The Kier molecular flexibility index (Phi) is 12.5. The van der Waals surface area contributed by atoms with Crippen molar-refractivity contribution in [2.75, 3.05) is 33.9 Å². The van der Waals surface area contributed by atoms with E-state index in [2.05, 4.69) is 65.7 Å². The summed E-state index contributed by atoms with van der Waals surface area (Å²) < 4.78 is 13.1. The van der Waals surface area contributed by atoms with E-state index >= 15 is 0 Å². The summed E-state index contributed by atoms with van der Waals surface area (Å²) in [6, 6.07) is 14.0. The van der Waals surface area contributed by atoms with Crippen molar-refractivity contribution in [3.63, 3.8) is 0 Å². The molecule has 0 atom stereocenters. The number of hydrogen-bond donors (Lipinski definition) is 3. The second-order valence-electron chi connectivity index (χ2n) is 12.6. The van der Waals surface area contributed by atoms with Gasteiger partial charge < -0.3 is 24.9 Å². The fourth-order valence-electron chi connectivity index (χ4n) is 6.40. The van der Waals surface area contributed by atoms with Crippen LogP contribution >= 0.6 is 0 Å². The number of nitrogens with zero attached hydrogens (tertiary/aromatic N) is 3. The van der Waals surface area contributed by atoms with Crippen molar-refractivity contribution in [2.24, 2.45) is 11.1 Å². The number of aromatic hydroxyl groups is 1. The predicted molar refractivity (Wildman–Crippen MR) is 186 cm³/mol. The number of fused-ring (bicyclic) bond motifs is 1. The Bertz CT molecular complexity index is 1660. The maximum absolute atomic E-state index is 12.8. The quantitative estimate of drug-likeness (QED) is 0.160.